The SMILES string of the molecule is CC1=CC(c2c([C@H](C)n3nc(-c4ccc(OC(C)C)c(F)c4)c4c(N)ncnc43)oc3ccc(F)cc3c2=O)CC=C1. The lowest BCUT2D eigenvalue weighted by atomic mass is 9.87. The van der Waals surface area contributed by atoms with Crippen LogP contribution < -0.4 is 15.9 Å². The smallest absolute Gasteiger partial charge is 0.196 e. The number of fused-ring (bicyclic) bond motifs is 2. The standard InChI is InChI=1S/C32H29F2N5O3/c1-16(2)41-25-10-8-20(13-23(25)34)28-27-31(35)36-15-37-32(27)39(38-28)18(4)30-26(19-7-5-6-17(3)12-19)29(40)22-14-21(33)9-11-24(22)42-30/h5-6,8-16,18-19H,7H2,1-4H3,(H2,35,36,37)/t18-,19?/m0/s1. The van der Waals surface area contributed by atoms with Crippen LogP contribution in [0.15, 0.2) is 75.7 Å². The Morgan fingerprint density at radius 1 is 1.12 bits per heavy atom. The van der Waals surface area contributed by atoms with Crippen LogP contribution in [0.5, 0.6) is 5.75 Å². The summed E-state index contributed by atoms with van der Waals surface area (Å²) in [6.45, 7) is 7.43. The van der Waals surface area contributed by atoms with Crippen molar-refractivity contribution >= 4 is 27.8 Å². The molecule has 2 aromatic carbocycles. The first-order chi connectivity index (χ1) is 20.1. The van der Waals surface area contributed by atoms with Gasteiger partial charge in [0.25, 0.3) is 0 Å². The average molecular weight is 570 g/mol. The molecule has 1 aliphatic carbocycles. The van der Waals surface area contributed by atoms with Crippen molar-refractivity contribution in [1.29, 1.82) is 0 Å². The molecule has 3 aromatic heterocycles. The number of aromatic nitrogens is 4. The van der Waals surface area contributed by atoms with Crippen LogP contribution in [0.4, 0.5) is 14.6 Å². The van der Waals surface area contributed by atoms with E-state index in [9.17, 15) is 9.18 Å². The monoisotopic (exact) mass is 569 g/mol. The molecule has 0 spiro atoms. The summed E-state index contributed by atoms with van der Waals surface area (Å²) in [7, 11) is 0. The second-order valence-corrected chi connectivity index (χ2v) is 10.7. The van der Waals surface area contributed by atoms with E-state index in [2.05, 4.69) is 9.97 Å². The predicted octanol–water partition coefficient (Wildman–Crippen LogP) is 6.85. The summed E-state index contributed by atoms with van der Waals surface area (Å²) in [6, 6.07) is 7.82. The zero-order chi connectivity index (χ0) is 29.7. The maximum absolute atomic E-state index is 15.0. The van der Waals surface area contributed by atoms with Gasteiger partial charge in [0.2, 0.25) is 0 Å². The Kier molecular flexibility index (Phi) is 6.84. The van der Waals surface area contributed by atoms with Gasteiger partial charge < -0.3 is 14.9 Å². The highest BCUT2D eigenvalue weighted by atomic mass is 19.1. The number of nitrogens with two attached hydrogens (primary N) is 1. The van der Waals surface area contributed by atoms with Crippen molar-refractivity contribution in [3.63, 3.8) is 0 Å². The molecule has 0 bridgehead atoms. The van der Waals surface area contributed by atoms with Gasteiger partial charge in [-0.25, -0.2) is 23.4 Å². The molecule has 1 unspecified atom stereocenters. The highest BCUT2D eigenvalue weighted by molar-refractivity contribution is 5.98. The highest BCUT2D eigenvalue weighted by Gasteiger charge is 2.29. The molecular formula is C32H29F2N5O3. The summed E-state index contributed by atoms with van der Waals surface area (Å²) in [5, 5.41) is 5.43. The van der Waals surface area contributed by atoms with E-state index in [-0.39, 0.29) is 40.0 Å². The molecule has 0 radical (unpaired) electrons. The summed E-state index contributed by atoms with van der Waals surface area (Å²) in [6.07, 6.45) is 7.70. The molecule has 3 heterocycles. The lowest BCUT2D eigenvalue weighted by Crippen LogP contribution is -2.21. The minimum atomic E-state index is -0.652. The minimum absolute atomic E-state index is 0.124. The van der Waals surface area contributed by atoms with Crippen LogP contribution in [-0.4, -0.2) is 25.9 Å². The molecule has 6 rings (SSSR count). The fourth-order valence-electron chi connectivity index (χ4n) is 5.48. The highest BCUT2D eigenvalue weighted by Crippen LogP contribution is 2.38. The molecule has 0 amide bonds. The van der Waals surface area contributed by atoms with E-state index in [0.717, 1.165) is 5.57 Å². The van der Waals surface area contributed by atoms with E-state index in [1.165, 1.54) is 30.6 Å². The Morgan fingerprint density at radius 3 is 2.67 bits per heavy atom. The molecule has 0 saturated heterocycles. The molecule has 2 atom stereocenters. The van der Waals surface area contributed by atoms with E-state index < -0.39 is 17.7 Å². The van der Waals surface area contributed by atoms with Crippen LogP contribution >= 0.6 is 0 Å². The zero-order valence-corrected chi connectivity index (χ0v) is 23.6. The van der Waals surface area contributed by atoms with Crippen molar-refractivity contribution in [3.05, 3.63) is 99.7 Å². The van der Waals surface area contributed by atoms with Gasteiger partial charge in [0.05, 0.1) is 16.9 Å². The van der Waals surface area contributed by atoms with E-state index in [1.54, 1.807) is 16.8 Å². The van der Waals surface area contributed by atoms with Crippen LogP contribution in [-0.2, 0) is 0 Å². The maximum atomic E-state index is 15.0. The van der Waals surface area contributed by atoms with Crippen LogP contribution in [0.25, 0.3) is 33.3 Å². The van der Waals surface area contributed by atoms with Gasteiger partial charge >= 0.3 is 0 Å². The number of nitrogen functional groups attached to an aromatic ring is 1. The van der Waals surface area contributed by atoms with Crippen LogP contribution in [0, 0.1) is 11.6 Å². The van der Waals surface area contributed by atoms with E-state index in [4.69, 9.17) is 20.0 Å². The zero-order valence-electron chi connectivity index (χ0n) is 23.6. The second-order valence-electron chi connectivity index (χ2n) is 10.7. The van der Waals surface area contributed by atoms with Crippen LogP contribution in [0.3, 0.4) is 0 Å². The van der Waals surface area contributed by atoms with Crippen molar-refractivity contribution in [1.82, 2.24) is 19.7 Å². The van der Waals surface area contributed by atoms with Gasteiger partial charge in [-0.05, 0) is 70.5 Å². The van der Waals surface area contributed by atoms with Gasteiger partial charge in [-0.15, -0.1) is 0 Å². The number of ether oxygens (including phenoxy) is 1. The third-order valence-electron chi connectivity index (χ3n) is 7.35. The molecule has 0 fully saturated rings. The average Bonchev–Trinajstić information content (AvgIpc) is 3.35. The van der Waals surface area contributed by atoms with Gasteiger partial charge in [0.15, 0.2) is 22.6 Å². The first-order valence-electron chi connectivity index (χ1n) is 13.7. The van der Waals surface area contributed by atoms with Gasteiger partial charge in [-0.3, -0.25) is 4.79 Å². The van der Waals surface area contributed by atoms with E-state index >= 15 is 4.39 Å². The van der Waals surface area contributed by atoms with Gasteiger partial charge in [-0.2, -0.15) is 5.10 Å². The number of allylic oxidation sites excluding steroid dienone is 4. The molecule has 42 heavy (non-hydrogen) atoms. The molecule has 5 aromatic rings. The Balaban J connectivity index is 1.57. The minimum Gasteiger partial charge on any atom is -0.488 e. The first kappa shape index (κ1) is 27.3. The number of hydrogen-bond acceptors (Lipinski definition) is 7. The Labute approximate surface area is 240 Å². The molecule has 214 valence electrons. The molecule has 1 aliphatic rings. The quantitative estimate of drug-likeness (QED) is 0.238. The normalized spacial score (nSPS) is 15.9. The van der Waals surface area contributed by atoms with Crippen molar-refractivity contribution in [2.75, 3.05) is 5.73 Å². The number of anilines is 1. The van der Waals surface area contributed by atoms with Gasteiger partial charge in [-0.1, -0.05) is 23.8 Å². The Morgan fingerprint density at radius 2 is 1.93 bits per heavy atom. The van der Waals surface area contributed by atoms with Gasteiger partial charge in [0, 0.05) is 17.0 Å². The fraction of sp³-hybridized carbons (Fsp3) is 0.250. The summed E-state index contributed by atoms with van der Waals surface area (Å²) in [5.41, 5.74) is 8.88. The van der Waals surface area contributed by atoms with Crippen LogP contribution in [0.1, 0.15) is 57.4 Å². The van der Waals surface area contributed by atoms with Crippen molar-refractivity contribution in [3.8, 4) is 17.0 Å². The van der Waals surface area contributed by atoms with Crippen molar-refractivity contribution in [2.45, 2.75) is 52.2 Å². The lowest BCUT2D eigenvalue weighted by Gasteiger charge is -2.22. The molecule has 10 heteroatoms. The number of rotatable bonds is 6. The van der Waals surface area contributed by atoms with Crippen molar-refractivity contribution < 1.29 is 17.9 Å². The molecule has 2 N–H and O–H groups in total. The number of hydrogen-bond donors (Lipinski definition) is 1. The third-order valence-corrected chi connectivity index (χ3v) is 7.35. The molecule has 8 nitrogen and oxygen atoms in total. The Hall–Kier alpha value is -4.86. The fourth-order valence-corrected chi connectivity index (χ4v) is 5.48. The largest absolute Gasteiger partial charge is 0.488 e. The summed E-state index contributed by atoms with van der Waals surface area (Å²) >= 11 is 0. The second kappa shape index (κ2) is 10.5. The lowest BCUT2D eigenvalue weighted by molar-refractivity contribution is 0.231. The summed E-state index contributed by atoms with van der Waals surface area (Å²) < 4.78 is 42.7. The summed E-state index contributed by atoms with van der Waals surface area (Å²) in [5.74, 6) is -0.705. The topological polar surface area (TPSA) is 109 Å². The molecule has 0 aliphatic heterocycles. The van der Waals surface area contributed by atoms with Crippen molar-refractivity contribution in [2.24, 2.45) is 0 Å². The predicted molar refractivity (Wildman–Crippen MR) is 157 cm³/mol. The van der Waals surface area contributed by atoms with E-state index in [1.807, 2.05) is 45.9 Å². The maximum Gasteiger partial charge on any atom is 0.196 e. The third kappa shape index (κ3) is 4.72. The molecule has 0 saturated carbocycles. The molecular weight excluding hydrogens is 540 g/mol. The summed E-state index contributed by atoms with van der Waals surface area (Å²) in [4.78, 5) is 22.5. The first-order valence-corrected chi connectivity index (χ1v) is 13.7. The number of benzene rings is 2. The van der Waals surface area contributed by atoms with Gasteiger partial charge in [0.1, 0.15) is 41.0 Å². The Bertz CT molecular complexity index is 1980. The van der Waals surface area contributed by atoms with E-state index in [0.29, 0.717) is 40.0 Å². The number of nitrogens with zero attached hydrogens (tertiary/aromatic N) is 4. The number of halogens is 2. The van der Waals surface area contributed by atoms with Crippen LogP contribution in [0.2, 0.25) is 0 Å².